The van der Waals surface area contributed by atoms with E-state index >= 15 is 0 Å². The Morgan fingerprint density at radius 3 is 2.60 bits per heavy atom. The van der Waals surface area contributed by atoms with E-state index in [2.05, 4.69) is 54.3 Å². The minimum Gasteiger partial charge on any atom is -0.376 e. The first kappa shape index (κ1) is 21.6. The van der Waals surface area contributed by atoms with Crippen molar-refractivity contribution >= 4 is 28.0 Å². The van der Waals surface area contributed by atoms with Crippen LogP contribution in [0.5, 0.6) is 0 Å². The molecule has 5 nitrogen and oxygen atoms in total. The third kappa shape index (κ3) is 7.12. The molecular formula is C18H27BrFN3O2. The summed E-state index contributed by atoms with van der Waals surface area (Å²) in [6.07, 6.45) is 7.02. The second kappa shape index (κ2) is 9.87. The number of aromatic nitrogens is 2. The summed E-state index contributed by atoms with van der Waals surface area (Å²) in [5.41, 5.74) is 5.36. The fourth-order valence-electron chi connectivity index (χ4n) is 2.54. The molecule has 7 heteroatoms. The van der Waals surface area contributed by atoms with Gasteiger partial charge in [-0.2, -0.15) is 0 Å². The van der Waals surface area contributed by atoms with Gasteiger partial charge in [0.1, 0.15) is 0 Å². The van der Waals surface area contributed by atoms with Gasteiger partial charge in [-0.25, -0.2) is 9.37 Å². The first-order valence-electron chi connectivity index (χ1n) is 8.34. The Balaban J connectivity index is 0.000000970. The Bertz CT molecular complexity index is 683. The summed E-state index contributed by atoms with van der Waals surface area (Å²) in [4.78, 5) is 13.1. The van der Waals surface area contributed by atoms with Gasteiger partial charge in [-0.05, 0) is 55.6 Å². The lowest BCUT2D eigenvalue weighted by Crippen LogP contribution is -2.20. The largest absolute Gasteiger partial charge is 0.376 e. The molecule has 1 atom stereocenters. The molecular weight excluding hydrogens is 389 g/mol. The highest BCUT2D eigenvalue weighted by Crippen LogP contribution is 2.27. The number of hydrogen-bond donors (Lipinski definition) is 1. The summed E-state index contributed by atoms with van der Waals surface area (Å²) in [5.74, 6) is -0.00718. The number of carbonyl (C=O) groups excluding carboxylic acids is 1. The zero-order valence-corrected chi connectivity index (χ0v) is 16.8. The average Bonchev–Trinajstić information content (AvgIpc) is 2.90. The van der Waals surface area contributed by atoms with Gasteiger partial charge in [0, 0.05) is 29.4 Å². The molecule has 0 saturated heterocycles. The van der Waals surface area contributed by atoms with Gasteiger partial charge < -0.3 is 14.9 Å². The molecule has 2 aromatic rings. The number of ether oxygens (including phenoxy) is 1. The monoisotopic (exact) mass is 415 g/mol. The third-order valence-corrected chi connectivity index (χ3v) is 3.98. The summed E-state index contributed by atoms with van der Waals surface area (Å²) in [6, 6.07) is 1.45. The zero-order valence-electron chi connectivity index (χ0n) is 15.3. The minimum absolute atomic E-state index is 0.132. The molecule has 0 aliphatic heterocycles. The van der Waals surface area contributed by atoms with Crippen LogP contribution in [-0.4, -0.2) is 28.0 Å². The predicted octanol–water partition coefficient (Wildman–Crippen LogP) is 4.43. The van der Waals surface area contributed by atoms with Crippen molar-refractivity contribution < 1.29 is 13.9 Å². The molecule has 0 bridgehead atoms. The lowest BCUT2D eigenvalue weighted by Gasteiger charge is -2.21. The molecule has 2 rings (SSSR count). The van der Waals surface area contributed by atoms with Crippen LogP contribution in [0, 0.1) is 5.82 Å². The van der Waals surface area contributed by atoms with Crippen molar-refractivity contribution in [1.29, 1.82) is 0 Å². The van der Waals surface area contributed by atoms with Crippen molar-refractivity contribution in [1.82, 2.24) is 9.38 Å². The van der Waals surface area contributed by atoms with E-state index in [9.17, 15) is 4.39 Å². The summed E-state index contributed by atoms with van der Waals surface area (Å²) < 4.78 is 22.3. The quantitative estimate of drug-likeness (QED) is 0.709. The molecule has 140 valence electrons. The Morgan fingerprint density at radius 1 is 1.40 bits per heavy atom. The van der Waals surface area contributed by atoms with Gasteiger partial charge in [0.25, 0.3) is 0 Å². The van der Waals surface area contributed by atoms with Crippen LogP contribution in [0.3, 0.4) is 0 Å². The lowest BCUT2D eigenvalue weighted by molar-refractivity contribution is -0.106. The highest BCUT2D eigenvalue weighted by Gasteiger charge is 2.18. The molecule has 2 N–H and O–H groups in total. The number of nitrogens with zero attached hydrogens (tertiary/aromatic N) is 2. The van der Waals surface area contributed by atoms with Crippen LogP contribution < -0.4 is 5.73 Å². The van der Waals surface area contributed by atoms with Crippen molar-refractivity contribution in [3.05, 3.63) is 34.4 Å². The molecule has 0 radical (unpaired) electrons. The van der Waals surface area contributed by atoms with Crippen molar-refractivity contribution in [3.8, 4) is 0 Å². The molecule has 1 amide bonds. The first-order valence-corrected chi connectivity index (χ1v) is 9.14. The number of nitrogens with two attached hydrogens (primary N) is 1. The van der Waals surface area contributed by atoms with E-state index in [0.29, 0.717) is 22.6 Å². The highest BCUT2D eigenvalue weighted by atomic mass is 79.9. The summed E-state index contributed by atoms with van der Waals surface area (Å²) >= 11 is 3.32. The molecule has 2 heterocycles. The number of hydrogen-bond acceptors (Lipinski definition) is 3. The molecule has 0 fully saturated rings. The van der Waals surface area contributed by atoms with Gasteiger partial charge in [0.2, 0.25) is 6.41 Å². The minimum atomic E-state index is -0.304. The maximum atomic E-state index is 14.0. The Morgan fingerprint density at radius 2 is 2.04 bits per heavy atom. The maximum Gasteiger partial charge on any atom is 0.204 e. The zero-order chi connectivity index (χ0) is 19.0. The third-order valence-electron chi connectivity index (χ3n) is 3.55. The maximum absolute atomic E-state index is 14.0. The van der Waals surface area contributed by atoms with Crippen LogP contribution in [-0.2, 0) is 9.53 Å². The fraction of sp³-hybridized carbons (Fsp3) is 0.556. The van der Waals surface area contributed by atoms with Gasteiger partial charge in [-0.3, -0.25) is 4.79 Å². The number of imidazole rings is 1. The number of rotatable bonds is 6. The molecule has 0 aromatic carbocycles. The van der Waals surface area contributed by atoms with Crippen LogP contribution in [0.2, 0.25) is 0 Å². The van der Waals surface area contributed by atoms with Gasteiger partial charge in [0.15, 0.2) is 11.5 Å². The smallest absolute Gasteiger partial charge is 0.204 e. The summed E-state index contributed by atoms with van der Waals surface area (Å²) in [6.45, 7) is 9.01. The van der Waals surface area contributed by atoms with E-state index < -0.39 is 0 Å². The van der Waals surface area contributed by atoms with Crippen LogP contribution >= 0.6 is 15.9 Å². The van der Waals surface area contributed by atoms with E-state index in [1.165, 1.54) is 6.07 Å². The van der Waals surface area contributed by atoms with E-state index in [0.717, 1.165) is 25.0 Å². The van der Waals surface area contributed by atoms with Crippen LogP contribution in [0.15, 0.2) is 22.9 Å². The molecule has 2 aromatic heterocycles. The Hall–Kier alpha value is -1.47. The van der Waals surface area contributed by atoms with Crippen molar-refractivity contribution in [2.45, 2.75) is 58.5 Å². The number of amides is 1. The van der Waals surface area contributed by atoms with E-state index in [1.54, 1.807) is 4.40 Å². The molecule has 0 saturated carbocycles. The topological polar surface area (TPSA) is 69.6 Å². The van der Waals surface area contributed by atoms with Crippen LogP contribution in [0.1, 0.15) is 58.6 Å². The Kier molecular flexibility index (Phi) is 8.52. The number of carbonyl (C=O) groups is 1. The molecule has 25 heavy (non-hydrogen) atoms. The van der Waals surface area contributed by atoms with E-state index in [1.807, 2.05) is 12.4 Å². The first-order chi connectivity index (χ1) is 11.7. The number of primary amides is 1. The SMILES string of the molecule is CCCC(CCOC(C)(C)C)c1cn2cc(Br)cc(F)c2n1.NC=O. The van der Waals surface area contributed by atoms with Gasteiger partial charge in [-0.1, -0.05) is 13.3 Å². The number of pyridine rings is 1. The van der Waals surface area contributed by atoms with Gasteiger partial charge in [0.05, 0.1) is 11.3 Å². The van der Waals surface area contributed by atoms with E-state index in [-0.39, 0.29) is 17.8 Å². The van der Waals surface area contributed by atoms with E-state index in [4.69, 9.17) is 9.53 Å². The van der Waals surface area contributed by atoms with Gasteiger partial charge >= 0.3 is 0 Å². The molecule has 0 aliphatic carbocycles. The van der Waals surface area contributed by atoms with Gasteiger partial charge in [-0.15, -0.1) is 0 Å². The van der Waals surface area contributed by atoms with Crippen LogP contribution in [0.25, 0.3) is 5.65 Å². The number of halogens is 2. The number of fused-ring (bicyclic) bond motifs is 1. The Labute approximate surface area is 156 Å². The van der Waals surface area contributed by atoms with Crippen molar-refractivity contribution in [3.63, 3.8) is 0 Å². The predicted molar refractivity (Wildman–Crippen MR) is 101 cm³/mol. The normalized spacial score (nSPS) is 12.6. The van der Waals surface area contributed by atoms with Crippen LogP contribution in [0.4, 0.5) is 4.39 Å². The summed E-state index contributed by atoms with van der Waals surface area (Å²) in [7, 11) is 0. The second-order valence-corrected chi connectivity index (χ2v) is 7.69. The lowest BCUT2D eigenvalue weighted by atomic mass is 9.97. The fourth-order valence-corrected chi connectivity index (χ4v) is 2.96. The molecule has 0 spiro atoms. The summed E-state index contributed by atoms with van der Waals surface area (Å²) in [5, 5.41) is 0. The standard InChI is InChI=1S/C17H24BrFN2O.CH3NO/c1-5-6-12(7-8-22-17(2,3)4)15-11-21-10-13(18)9-14(19)16(21)20-15;2-1-3/h9-12H,5-8H2,1-4H3;1H,(H2,2,3). The molecule has 0 aliphatic rings. The van der Waals surface area contributed by atoms with Crippen molar-refractivity contribution in [2.24, 2.45) is 5.73 Å². The molecule has 1 unspecified atom stereocenters. The average molecular weight is 416 g/mol. The second-order valence-electron chi connectivity index (χ2n) is 6.77. The van der Waals surface area contributed by atoms with Crippen molar-refractivity contribution in [2.75, 3.05) is 6.61 Å². The highest BCUT2D eigenvalue weighted by molar-refractivity contribution is 9.10.